The number of hydrogen-bond donors (Lipinski definition) is 1. The zero-order chi connectivity index (χ0) is 46.4. The molecule has 0 saturated carbocycles. The molecule has 13 rings (SSSR count). The van der Waals surface area contributed by atoms with Gasteiger partial charge in [0.2, 0.25) is 0 Å². The van der Waals surface area contributed by atoms with E-state index >= 15 is 0 Å². The molecule has 0 saturated heterocycles. The van der Waals surface area contributed by atoms with Crippen LogP contribution in [0.3, 0.4) is 0 Å². The van der Waals surface area contributed by atoms with E-state index < -0.39 is 0 Å². The molecule has 328 valence electrons. The molecule has 13 aromatic rings. The van der Waals surface area contributed by atoms with Crippen LogP contribution in [0.2, 0.25) is 0 Å². The molecule has 2 heteroatoms. The molecule has 0 aliphatic heterocycles. The van der Waals surface area contributed by atoms with Gasteiger partial charge in [-0.05, 0) is 143 Å². The zero-order valence-corrected chi connectivity index (χ0v) is 38.4. The number of rotatable bonds is 9. The second-order valence-electron chi connectivity index (χ2n) is 18.2. The SMILES string of the molecule is c1ccc2c(-c3ccc(N(c4ccc(-c5ccc(-c6ccc(-c7ccc(-c8ccc9[nH]c%10ccccc%10c9c8)cc7)cc6)cc5)cc4)c4ccc(-c5cccc6ccccc56)cc4)cc3)cccc2c1. The standard InChI is InChI=1S/C68H46N2/c1-3-13-61-53(9-1)11-7-16-63(61)55-33-40-59(41-34-55)70(60-42-35-56(36-43-60)64-17-8-12-54-10-2-4-14-62(54)64)58-38-31-51(32-39-58)50-25-23-47(24-26-50)46-19-21-48(22-20-46)49-27-29-52(30-28-49)57-37-44-68-66(45-57)65-15-5-6-18-67(65)69-68/h1-45,69H. The topological polar surface area (TPSA) is 19.0 Å². The van der Waals surface area contributed by atoms with Gasteiger partial charge in [0.1, 0.15) is 0 Å². The minimum absolute atomic E-state index is 1.10. The molecule has 0 unspecified atom stereocenters. The Morgan fingerprint density at radius 2 is 0.529 bits per heavy atom. The van der Waals surface area contributed by atoms with Crippen LogP contribution < -0.4 is 4.90 Å². The van der Waals surface area contributed by atoms with Crippen molar-refractivity contribution in [2.24, 2.45) is 0 Å². The van der Waals surface area contributed by atoms with Crippen LogP contribution in [0.4, 0.5) is 17.1 Å². The van der Waals surface area contributed by atoms with Crippen LogP contribution in [-0.2, 0) is 0 Å². The van der Waals surface area contributed by atoms with Gasteiger partial charge in [-0.3, -0.25) is 0 Å². The number of anilines is 3. The Bertz CT molecular complexity index is 3860. The fourth-order valence-corrected chi connectivity index (χ4v) is 10.4. The van der Waals surface area contributed by atoms with Crippen molar-refractivity contribution in [2.75, 3.05) is 4.90 Å². The third-order valence-electron chi connectivity index (χ3n) is 14.1. The Morgan fingerprint density at radius 3 is 0.971 bits per heavy atom. The summed E-state index contributed by atoms with van der Waals surface area (Å²) in [5, 5.41) is 7.52. The second kappa shape index (κ2) is 17.4. The van der Waals surface area contributed by atoms with E-state index in [0.717, 1.165) is 17.1 Å². The Kier molecular flexibility index (Phi) is 10.2. The normalized spacial score (nSPS) is 11.4. The lowest BCUT2D eigenvalue weighted by molar-refractivity contribution is 1.28. The smallest absolute Gasteiger partial charge is 0.0465 e. The Morgan fingerprint density at radius 1 is 0.214 bits per heavy atom. The lowest BCUT2D eigenvalue weighted by Gasteiger charge is -2.26. The maximum Gasteiger partial charge on any atom is 0.0465 e. The van der Waals surface area contributed by atoms with E-state index in [2.05, 4.69) is 283 Å². The van der Waals surface area contributed by atoms with Crippen LogP contribution in [0, 0.1) is 0 Å². The molecule has 0 atom stereocenters. The molecule has 0 bridgehead atoms. The van der Waals surface area contributed by atoms with Crippen molar-refractivity contribution in [3.05, 3.63) is 273 Å². The predicted octanol–water partition coefficient (Wildman–Crippen LogP) is 19.1. The monoisotopic (exact) mass is 890 g/mol. The van der Waals surface area contributed by atoms with Gasteiger partial charge in [0.15, 0.2) is 0 Å². The van der Waals surface area contributed by atoms with Gasteiger partial charge in [0.25, 0.3) is 0 Å². The first kappa shape index (κ1) is 41.0. The van der Waals surface area contributed by atoms with Crippen molar-refractivity contribution in [2.45, 2.75) is 0 Å². The molecule has 0 spiro atoms. The number of hydrogen-bond acceptors (Lipinski definition) is 1. The highest BCUT2D eigenvalue weighted by molar-refractivity contribution is 6.08. The summed E-state index contributed by atoms with van der Waals surface area (Å²) in [6, 6.07) is 99.3. The summed E-state index contributed by atoms with van der Waals surface area (Å²) < 4.78 is 0. The van der Waals surface area contributed by atoms with Crippen LogP contribution in [-0.4, -0.2) is 4.98 Å². The number of benzene rings is 12. The quantitative estimate of drug-likeness (QED) is 0.153. The van der Waals surface area contributed by atoms with Crippen molar-refractivity contribution in [3.63, 3.8) is 0 Å². The Hall–Kier alpha value is -9.24. The van der Waals surface area contributed by atoms with E-state index in [1.165, 1.54) is 110 Å². The van der Waals surface area contributed by atoms with Gasteiger partial charge in [0, 0.05) is 38.9 Å². The first-order chi connectivity index (χ1) is 34.7. The molecule has 1 heterocycles. The number of H-pyrrole nitrogens is 1. The largest absolute Gasteiger partial charge is 0.355 e. The highest BCUT2D eigenvalue weighted by Crippen LogP contribution is 2.40. The zero-order valence-electron chi connectivity index (χ0n) is 38.4. The number of aromatic amines is 1. The molecular formula is C68H46N2. The van der Waals surface area contributed by atoms with Crippen LogP contribution >= 0.6 is 0 Å². The van der Waals surface area contributed by atoms with Gasteiger partial charge in [-0.1, -0.05) is 218 Å². The predicted molar refractivity (Wildman–Crippen MR) is 298 cm³/mol. The molecular weight excluding hydrogens is 845 g/mol. The summed E-state index contributed by atoms with van der Waals surface area (Å²) in [4.78, 5) is 5.90. The van der Waals surface area contributed by atoms with E-state index in [0.29, 0.717) is 0 Å². The van der Waals surface area contributed by atoms with Gasteiger partial charge >= 0.3 is 0 Å². The van der Waals surface area contributed by atoms with Gasteiger partial charge in [-0.25, -0.2) is 0 Å². The summed E-state index contributed by atoms with van der Waals surface area (Å²) in [6.45, 7) is 0. The maximum absolute atomic E-state index is 3.54. The van der Waals surface area contributed by atoms with Crippen molar-refractivity contribution in [1.29, 1.82) is 0 Å². The van der Waals surface area contributed by atoms with Crippen LogP contribution in [0.25, 0.3) is 110 Å². The molecule has 0 radical (unpaired) electrons. The molecule has 0 fully saturated rings. The van der Waals surface area contributed by atoms with Crippen molar-refractivity contribution in [3.8, 4) is 66.8 Å². The van der Waals surface area contributed by atoms with Crippen LogP contribution in [0.5, 0.6) is 0 Å². The summed E-state index contributed by atoms with van der Waals surface area (Å²) in [6.07, 6.45) is 0. The second-order valence-corrected chi connectivity index (χ2v) is 18.2. The number of nitrogens with zero attached hydrogens (tertiary/aromatic N) is 1. The molecule has 2 nitrogen and oxygen atoms in total. The van der Waals surface area contributed by atoms with Gasteiger partial charge in [-0.15, -0.1) is 0 Å². The summed E-state index contributed by atoms with van der Waals surface area (Å²) in [5.41, 5.74) is 20.1. The fourth-order valence-electron chi connectivity index (χ4n) is 10.4. The lowest BCUT2D eigenvalue weighted by atomic mass is 9.96. The molecule has 1 aromatic heterocycles. The van der Waals surface area contributed by atoms with E-state index in [-0.39, 0.29) is 0 Å². The average molecular weight is 891 g/mol. The van der Waals surface area contributed by atoms with Gasteiger partial charge in [0.05, 0.1) is 0 Å². The molecule has 0 amide bonds. The van der Waals surface area contributed by atoms with Crippen molar-refractivity contribution >= 4 is 60.4 Å². The average Bonchev–Trinajstić information content (AvgIpc) is 3.82. The first-order valence-corrected chi connectivity index (χ1v) is 24.1. The molecule has 0 aliphatic rings. The highest BCUT2D eigenvalue weighted by Gasteiger charge is 2.16. The minimum atomic E-state index is 1.10. The summed E-state index contributed by atoms with van der Waals surface area (Å²) in [7, 11) is 0. The molecule has 12 aromatic carbocycles. The Balaban J connectivity index is 0.755. The highest BCUT2D eigenvalue weighted by atomic mass is 15.1. The van der Waals surface area contributed by atoms with Gasteiger partial charge < -0.3 is 9.88 Å². The van der Waals surface area contributed by atoms with E-state index in [9.17, 15) is 0 Å². The maximum atomic E-state index is 3.54. The Labute approximate surface area is 408 Å². The van der Waals surface area contributed by atoms with E-state index in [1.54, 1.807) is 0 Å². The minimum Gasteiger partial charge on any atom is -0.355 e. The summed E-state index contributed by atoms with van der Waals surface area (Å²) >= 11 is 0. The van der Waals surface area contributed by atoms with Crippen LogP contribution in [0.15, 0.2) is 273 Å². The molecule has 0 aliphatic carbocycles. The number of fused-ring (bicyclic) bond motifs is 5. The molecule has 1 N–H and O–H groups in total. The fraction of sp³-hybridized carbons (Fsp3) is 0. The van der Waals surface area contributed by atoms with Crippen molar-refractivity contribution < 1.29 is 0 Å². The summed E-state index contributed by atoms with van der Waals surface area (Å²) in [5.74, 6) is 0. The lowest BCUT2D eigenvalue weighted by Crippen LogP contribution is -2.09. The first-order valence-electron chi connectivity index (χ1n) is 24.1. The molecule has 70 heavy (non-hydrogen) atoms. The third-order valence-corrected chi connectivity index (χ3v) is 14.1. The van der Waals surface area contributed by atoms with Crippen molar-refractivity contribution in [1.82, 2.24) is 4.98 Å². The van der Waals surface area contributed by atoms with Crippen LogP contribution in [0.1, 0.15) is 0 Å². The number of aromatic nitrogens is 1. The van der Waals surface area contributed by atoms with E-state index in [4.69, 9.17) is 0 Å². The number of para-hydroxylation sites is 1. The third kappa shape index (κ3) is 7.59. The van der Waals surface area contributed by atoms with E-state index in [1.807, 2.05) is 0 Å². The van der Waals surface area contributed by atoms with Gasteiger partial charge in [-0.2, -0.15) is 0 Å². The number of nitrogens with one attached hydrogen (secondary N) is 1.